The summed E-state index contributed by atoms with van der Waals surface area (Å²) in [7, 11) is -3.89. The molecule has 0 saturated heterocycles. The first-order valence-electron chi connectivity index (χ1n) is 10.2. The molecular formula is C23H25N3O5S2. The molecule has 0 spiro atoms. The summed E-state index contributed by atoms with van der Waals surface area (Å²) >= 11 is 1.28. The number of thiazole rings is 1. The van der Waals surface area contributed by atoms with Crippen LogP contribution in [0.3, 0.4) is 0 Å². The number of amides is 1. The van der Waals surface area contributed by atoms with Gasteiger partial charge in [0.25, 0.3) is 10.0 Å². The highest BCUT2D eigenvalue weighted by Gasteiger charge is 2.20. The van der Waals surface area contributed by atoms with Crippen LogP contribution < -0.4 is 9.62 Å². The van der Waals surface area contributed by atoms with E-state index in [1.807, 2.05) is 19.9 Å². The van der Waals surface area contributed by atoms with Crippen LogP contribution in [0.1, 0.15) is 41.0 Å². The molecule has 0 aliphatic carbocycles. The van der Waals surface area contributed by atoms with Gasteiger partial charge in [-0.15, -0.1) is 11.3 Å². The summed E-state index contributed by atoms with van der Waals surface area (Å²) in [6.07, 6.45) is 0. The van der Waals surface area contributed by atoms with Crippen LogP contribution in [0.2, 0.25) is 0 Å². The molecule has 1 amide bonds. The van der Waals surface area contributed by atoms with Gasteiger partial charge in [-0.3, -0.25) is 14.4 Å². The van der Waals surface area contributed by atoms with Crippen LogP contribution in [0, 0.1) is 13.8 Å². The van der Waals surface area contributed by atoms with Crippen LogP contribution in [0.4, 0.5) is 10.8 Å². The molecule has 3 rings (SSSR count). The largest absolute Gasteiger partial charge is 0.456 e. The number of nitrogens with zero attached hydrogens (tertiary/aromatic N) is 2. The number of carbonyl (C=O) groups excluding carboxylic acids is 2. The number of rotatable bonds is 8. The van der Waals surface area contributed by atoms with Crippen LogP contribution >= 0.6 is 11.3 Å². The Morgan fingerprint density at radius 2 is 1.91 bits per heavy atom. The highest BCUT2D eigenvalue weighted by molar-refractivity contribution is 7.92. The first kappa shape index (κ1) is 24.4. The number of hydrogen-bond donors (Lipinski definition) is 1. The number of hydrogen-bond acceptors (Lipinski definition) is 7. The van der Waals surface area contributed by atoms with E-state index in [1.165, 1.54) is 35.3 Å². The molecule has 33 heavy (non-hydrogen) atoms. The lowest BCUT2D eigenvalue weighted by atomic mass is 10.1. The third-order valence-corrected chi connectivity index (χ3v) is 7.12. The fraction of sp³-hybridized carbons (Fsp3) is 0.261. The summed E-state index contributed by atoms with van der Waals surface area (Å²) in [5.41, 5.74) is 2.59. The van der Waals surface area contributed by atoms with E-state index >= 15 is 0 Å². The minimum Gasteiger partial charge on any atom is -0.456 e. The van der Waals surface area contributed by atoms with Crippen LogP contribution in [-0.4, -0.2) is 31.8 Å². The van der Waals surface area contributed by atoms with Gasteiger partial charge in [0.05, 0.1) is 16.2 Å². The third-order valence-electron chi connectivity index (χ3n) is 4.83. The van der Waals surface area contributed by atoms with Crippen LogP contribution in [0.5, 0.6) is 0 Å². The predicted molar refractivity (Wildman–Crippen MR) is 128 cm³/mol. The molecular weight excluding hydrogens is 462 g/mol. The van der Waals surface area contributed by atoms with Crippen molar-refractivity contribution in [3.05, 3.63) is 70.2 Å². The van der Waals surface area contributed by atoms with E-state index in [2.05, 4.69) is 9.71 Å². The lowest BCUT2D eigenvalue weighted by molar-refractivity contribution is -0.116. The zero-order valence-electron chi connectivity index (χ0n) is 18.8. The summed E-state index contributed by atoms with van der Waals surface area (Å²) < 4.78 is 33.5. The summed E-state index contributed by atoms with van der Waals surface area (Å²) in [6.45, 7) is 7.26. The summed E-state index contributed by atoms with van der Waals surface area (Å²) in [6, 6.07) is 11.3. The fourth-order valence-electron chi connectivity index (χ4n) is 3.11. The first-order chi connectivity index (χ1) is 15.6. The summed E-state index contributed by atoms with van der Waals surface area (Å²) in [4.78, 5) is 30.2. The topological polar surface area (TPSA) is 106 Å². The number of sulfonamides is 1. The van der Waals surface area contributed by atoms with Crippen molar-refractivity contribution in [2.75, 3.05) is 16.2 Å². The molecule has 0 aliphatic rings. The first-order valence-corrected chi connectivity index (χ1v) is 12.6. The molecule has 174 valence electrons. The maximum Gasteiger partial charge on any atom is 0.338 e. The molecule has 0 aliphatic heterocycles. The van der Waals surface area contributed by atoms with E-state index in [9.17, 15) is 18.0 Å². The minimum atomic E-state index is -3.89. The second kappa shape index (κ2) is 10.1. The molecule has 1 heterocycles. The van der Waals surface area contributed by atoms with Crippen LogP contribution in [0.15, 0.2) is 52.7 Å². The number of anilines is 2. The van der Waals surface area contributed by atoms with E-state index in [4.69, 9.17) is 4.74 Å². The lowest BCUT2D eigenvalue weighted by Crippen LogP contribution is -2.27. The van der Waals surface area contributed by atoms with E-state index in [-0.39, 0.29) is 23.0 Å². The zero-order valence-corrected chi connectivity index (χ0v) is 20.4. The second-order valence-electron chi connectivity index (χ2n) is 7.41. The normalized spacial score (nSPS) is 11.2. The molecule has 0 atom stereocenters. The van der Waals surface area contributed by atoms with Gasteiger partial charge in [0, 0.05) is 24.5 Å². The van der Waals surface area contributed by atoms with E-state index in [0.29, 0.717) is 28.6 Å². The molecule has 10 heteroatoms. The quantitative estimate of drug-likeness (QED) is 0.475. The Morgan fingerprint density at radius 1 is 1.15 bits per heavy atom. The molecule has 8 nitrogen and oxygen atoms in total. The Labute approximate surface area is 197 Å². The molecule has 3 aromatic rings. The van der Waals surface area contributed by atoms with Gasteiger partial charge in [0.1, 0.15) is 6.61 Å². The van der Waals surface area contributed by atoms with Crippen molar-refractivity contribution in [1.29, 1.82) is 0 Å². The Balaban J connectivity index is 1.74. The molecule has 0 bridgehead atoms. The van der Waals surface area contributed by atoms with Gasteiger partial charge >= 0.3 is 5.97 Å². The average molecular weight is 488 g/mol. The number of aromatic nitrogens is 1. The molecule has 1 aromatic heterocycles. The SMILES string of the molecule is CCN(C(C)=O)c1nc(COC(=O)c2cc(S(=O)(=O)Nc3cccc(C)c3)ccc2C)cs1. The highest BCUT2D eigenvalue weighted by Crippen LogP contribution is 2.23. The predicted octanol–water partition coefficient (Wildman–Crippen LogP) is 4.29. The number of benzene rings is 2. The number of ether oxygens (including phenoxy) is 1. The van der Waals surface area contributed by atoms with Gasteiger partial charge in [0.15, 0.2) is 5.13 Å². The van der Waals surface area contributed by atoms with E-state index in [1.54, 1.807) is 36.6 Å². The minimum absolute atomic E-state index is 0.0439. The smallest absolute Gasteiger partial charge is 0.338 e. The number of esters is 1. The van der Waals surface area contributed by atoms with Gasteiger partial charge in [0.2, 0.25) is 5.91 Å². The van der Waals surface area contributed by atoms with E-state index < -0.39 is 16.0 Å². The van der Waals surface area contributed by atoms with Gasteiger partial charge in [-0.25, -0.2) is 18.2 Å². The highest BCUT2D eigenvalue weighted by atomic mass is 32.2. The fourth-order valence-corrected chi connectivity index (χ4v) is 5.10. The van der Waals surface area contributed by atoms with Crippen molar-refractivity contribution in [3.8, 4) is 0 Å². The molecule has 0 unspecified atom stereocenters. The van der Waals surface area contributed by atoms with Gasteiger partial charge in [-0.1, -0.05) is 18.2 Å². The lowest BCUT2D eigenvalue weighted by Gasteiger charge is -2.14. The second-order valence-corrected chi connectivity index (χ2v) is 9.93. The molecule has 2 aromatic carbocycles. The standard InChI is InChI=1S/C23H25N3O5S2/c1-5-26(17(4)27)23-24-19(14-32-23)13-31-22(28)21-12-20(10-9-16(21)3)33(29,30)25-18-8-6-7-15(2)11-18/h6-12,14,25H,5,13H2,1-4H3. The Bertz CT molecular complexity index is 1280. The van der Waals surface area contributed by atoms with Crippen molar-refractivity contribution < 1.29 is 22.7 Å². The van der Waals surface area contributed by atoms with Crippen molar-refractivity contribution >= 4 is 44.1 Å². The Hall–Kier alpha value is -3.24. The zero-order chi connectivity index (χ0) is 24.2. The van der Waals surface area contributed by atoms with Gasteiger partial charge in [-0.2, -0.15) is 0 Å². The average Bonchev–Trinajstić information content (AvgIpc) is 3.20. The maximum atomic E-state index is 12.8. The Kier molecular flexibility index (Phi) is 7.50. The van der Waals surface area contributed by atoms with Crippen LogP contribution in [-0.2, 0) is 26.2 Å². The summed E-state index contributed by atoms with van der Waals surface area (Å²) in [5.74, 6) is -0.781. The maximum absolute atomic E-state index is 12.8. The molecule has 1 N–H and O–H groups in total. The number of carbonyl (C=O) groups is 2. The Morgan fingerprint density at radius 3 is 2.58 bits per heavy atom. The van der Waals surface area contributed by atoms with E-state index in [0.717, 1.165) is 5.56 Å². The number of aryl methyl sites for hydroxylation is 2. The molecule has 0 saturated carbocycles. The summed E-state index contributed by atoms with van der Waals surface area (Å²) in [5, 5.41) is 2.25. The van der Waals surface area contributed by atoms with Crippen LogP contribution in [0.25, 0.3) is 0 Å². The monoisotopic (exact) mass is 487 g/mol. The van der Waals surface area contributed by atoms with Gasteiger partial charge < -0.3 is 4.74 Å². The van der Waals surface area contributed by atoms with Gasteiger partial charge in [-0.05, 0) is 56.2 Å². The number of nitrogens with one attached hydrogen (secondary N) is 1. The van der Waals surface area contributed by atoms with Crippen molar-refractivity contribution in [1.82, 2.24) is 4.98 Å². The molecule has 0 fully saturated rings. The van der Waals surface area contributed by atoms with Crippen molar-refractivity contribution in [3.63, 3.8) is 0 Å². The molecule has 0 radical (unpaired) electrons. The van der Waals surface area contributed by atoms with Crippen molar-refractivity contribution in [2.24, 2.45) is 0 Å². The van der Waals surface area contributed by atoms with Crippen molar-refractivity contribution in [2.45, 2.75) is 39.2 Å². The third kappa shape index (κ3) is 5.96.